The number of rotatable bonds is 3. The summed E-state index contributed by atoms with van der Waals surface area (Å²) in [5.41, 5.74) is 6.16. The molecule has 0 unspecified atom stereocenters. The second-order valence-corrected chi connectivity index (χ2v) is 5.86. The first-order chi connectivity index (χ1) is 9.40. The highest BCUT2D eigenvalue weighted by Crippen LogP contribution is 2.22. The van der Waals surface area contributed by atoms with Gasteiger partial charge in [-0.15, -0.1) is 0 Å². The Bertz CT molecular complexity index is 582. The fourth-order valence-electron chi connectivity index (χ4n) is 2.86. The normalized spacial score (nSPS) is 23.2. The van der Waals surface area contributed by atoms with Crippen LogP contribution in [0.25, 0.3) is 0 Å². The van der Waals surface area contributed by atoms with Crippen molar-refractivity contribution >= 4 is 0 Å². The number of nitrogens with zero attached hydrogens (tertiary/aromatic N) is 3. The molecular formula is C14H24N4O2. The minimum absolute atomic E-state index is 0.248. The zero-order chi connectivity index (χ0) is 14.9. The molecule has 1 heterocycles. The maximum Gasteiger partial charge on any atom is 0.330 e. The van der Waals surface area contributed by atoms with Gasteiger partial charge < -0.3 is 5.73 Å². The number of nitrogens with two attached hydrogens (primary N) is 1. The monoisotopic (exact) mass is 280 g/mol. The van der Waals surface area contributed by atoms with Crippen LogP contribution in [0.5, 0.6) is 0 Å². The first-order valence-corrected chi connectivity index (χ1v) is 7.12. The fraction of sp³-hybridized carbons (Fsp3) is 0.714. The lowest BCUT2D eigenvalue weighted by atomic mass is 9.91. The highest BCUT2D eigenvalue weighted by atomic mass is 16.2. The van der Waals surface area contributed by atoms with Gasteiger partial charge in [0.15, 0.2) is 0 Å². The Morgan fingerprint density at radius 3 is 2.40 bits per heavy atom. The molecule has 6 nitrogen and oxygen atoms in total. The molecule has 1 fully saturated rings. The molecular weight excluding hydrogens is 256 g/mol. The van der Waals surface area contributed by atoms with E-state index in [-0.39, 0.29) is 11.2 Å². The van der Waals surface area contributed by atoms with Crippen molar-refractivity contribution in [3.05, 3.63) is 32.6 Å². The largest absolute Gasteiger partial charge is 0.330 e. The van der Waals surface area contributed by atoms with Crippen molar-refractivity contribution in [1.82, 2.24) is 14.0 Å². The fourth-order valence-corrected chi connectivity index (χ4v) is 2.86. The maximum atomic E-state index is 11.9. The van der Waals surface area contributed by atoms with Crippen molar-refractivity contribution in [3.8, 4) is 0 Å². The van der Waals surface area contributed by atoms with Crippen molar-refractivity contribution in [2.45, 2.75) is 44.3 Å². The molecule has 0 amide bonds. The Morgan fingerprint density at radius 1 is 1.20 bits per heavy atom. The van der Waals surface area contributed by atoms with Crippen LogP contribution in [0.3, 0.4) is 0 Å². The minimum Gasteiger partial charge on any atom is -0.328 e. The SMILES string of the molecule is CN(Cc1cc(=O)n(C)c(=O)n1C)C1CCC(N)CC1. The lowest BCUT2D eigenvalue weighted by Crippen LogP contribution is -2.42. The van der Waals surface area contributed by atoms with Gasteiger partial charge in [0.05, 0.1) is 0 Å². The van der Waals surface area contributed by atoms with Gasteiger partial charge in [0.2, 0.25) is 0 Å². The van der Waals surface area contributed by atoms with Crippen molar-refractivity contribution in [2.24, 2.45) is 19.8 Å². The van der Waals surface area contributed by atoms with Gasteiger partial charge in [0, 0.05) is 44.5 Å². The lowest BCUT2D eigenvalue weighted by molar-refractivity contribution is 0.172. The van der Waals surface area contributed by atoms with E-state index in [9.17, 15) is 9.59 Å². The molecule has 1 aromatic rings. The highest BCUT2D eigenvalue weighted by Gasteiger charge is 2.22. The molecule has 2 N–H and O–H groups in total. The van der Waals surface area contributed by atoms with E-state index < -0.39 is 0 Å². The maximum absolute atomic E-state index is 11.9. The van der Waals surface area contributed by atoms with Crippen molar-refractivity contribution < 1.29 is 0 Å². The molecule has 0 spiro atoms. The Kier molecular flexibility index (Phi) is 4.45. The van der Waals surface area contributed by atoms with Crippen LogP contribution in [0.2, 0.25) is 0 Å². The molecule has 1 saturated carbocycles. The standard InChI is InChI=1S/C14H24N4O2/c1-16(11-6-4-10(15)5-7-11)9-12-8-13(19)18(3)14(20)17(12)2/h8,10-11H,4-7,9,15H2,1-3H3. The zero-order valence-electron chi connectivity index (χ0n) is 12.5. The van der Waals surface area contributed by atoms with E-state index in [1.807, 2.05) is 7.05 Å². The van der Waals surface area contributed by atoms with Gasteiger partial charge in [0.1, 0.15) is 0 Å². The average molecular weight is 280 g/mol. The molecule has 0 saturated heterocycles. The van der Waals surface area contributed by atoms with E-state index in [1.165, 1.54) is 7.05 Å². The molecule has 2 rings (SSSR count). The van der Waals surface area contributed by atoms with Crippen LogP contribution in [0.4, 0.5) is 0 Å². The summed E-state index contributed by atoms with van der Waals surface area (Å²) in [7, 11) is 5.26. The Balaban J connectivity index is 2.14. The summed E-state index contributed by atoms with van der Waals surface area (Å²) < 4.78 is 2.68. The van der Waals surface area contributed by atoms with E-state index in [0.717, 1.165) is 35.9 Å². The molecule has 1 aliphatic carbocycles. The van der Waals surface area contributed by atoms with Crippen molar-refractivity contribution in [2.75, 3.05) is 7.05 Å². The van der Waals surface area contributed by atoms with Gasteiger partial charge in [-0.3, -0.25) is 18.8 Å². The molecule has 0 aliphatic heterocycles. The van der Waals surface area contributed by atoms with Gasteiger partial charge in [0.25, 0.3) is 5.56 Å². The van der Waals surface area contributed by atoms with E-state index in [0.29, 0.717) is 18.6 Å². The van der Waals surface area contributed by atoms with Gasteiger partial charge >= 0.3 is 5.69 Å². The highest BCUT2D eigenvalue weighted by molar-refractivity contribution is 5.02. The van der Waals surface area contributed by atoms with Crippen LogP contribution in [0.1, 0.15) is 31.4 Å². The Morgan fingerprint density at radius 2 is 1.80 bits per heavy atom. The third-order valence-electron chi connectivity index (χ3n) is 4.40. The molecule has 1 aliphatic rings. The smallest absolute Gasteiger partial charge is 0.328 e. The molecule has 112 valence electrons. The lowest BCUT2D eigenvalue weighted by Gasteiger charge is -2.33. The summed E-state index contributed by atoms with van der Waals surface area (Å²) in [5.74, 6) is 0. The molecule has 0 aromatic carbocycles. The average Bonchev–Trinajstić information content (AvgIpc) is 2.43. The van der Waals surface area contributed by atoms with Crippen LogP contribution >= 0.6 is 0 Å². The van der Waals surface area contributed by atoms with Gasteiger partial charge in [-0.2, -0.15) is 0 Å². The molecule has 0 radical (unpaired) electrons. The van der Waals surface area contributed by atoms with Crippen LogP contribution in [-0.2, 0) is 20.6 Å². The van der Waals surface area contributed by atoms with Crippen LogP contribution in [0, 0.1) is 0 Å². The van der Waals surface area contributed by atoms with Crippen molar-refractivity contribution in [3.63, 3.8) is 0 Å². The molecule has 0 atom stereocenters. The van der Waals surface area contributed by atoms with E-state index in [1.54, 1.807) is 17.7 Å². The molecule has 20 heavy (non-hydrogen) atoms. The Hall–Kier alpha value is -1.40. The van der Waals surface area contributed by atoms with Gasteiger partial charge in [-0.25, -0.2) is 4.79 Å². The zero-order valence-corrected chi connectivity index (χ0v) is 12.5. The molecule has 6 heteroatoms. The summed E-state index contributed by atoms with van der Waals surface area (Å²) in [6, 6.07) is 2.36. The third kappa shape index (κ3) is 3.02. The minimum atomic E-state index is -0.272. The number of hydrogen-bond acceptors (Lipinski definition) is 4. The van der Waals surface area contributed by atoms with Crippen LogP contribution in [0.15, 0.2) is 15.7 Å². The number of hydrogen-bond donors (Lipinski definition) is 1. The summed E-state index contributed by atoms with van der Waals surface area (Å²) >= 11 is 0. The predicted molar refractivity (Wildman–Crippen MR) is 78.6 cm³/mol. The number of aromatic nitrogens is 2. The molecule has 0 bridgehead atoms. The van der Waals surface area contributed by atoms with Gasteiger partial charge in [-0.1, -0.05) is 0 Å². The summed E-state index contributed by atoms with van der Waals surface area (Å²) in [5, 5.41) is 0. The van der Waals surface area contributed by atoms with E-state index in [4.69, 9.17) is 5.73 Å². The second kappa shape index (κ2) is 5.93. The summed E-state index contributed by atoms with van der Waals surface area (Å²) in [6.07, 6.45) is 4.25. The quantitative estimate of drug-likeness (QED) is 0.831. The van der Waals surface area contributed by atoms with Crippen LogP contribution < -0.4 is 17.0 Å². The first-order valence-electron chi connectivity index (χ1n) is 7.12. The Labute approximate surface area is 118 Å². The van der Waals surface area contributed by atoms with Crippen LogP contribution in [-0.4, -0.2) is 33.2 Å². The predicted octanol–water partition coefficient (Wildman–Crippen LogP) is -0.214. The van der Waals surface area contributed by atoms with E-state index >= 15 is 0 Å². The molecule has 1 aromatic heterocycles. The topological polar surface area (TPSA) is 73.3 Å². The third-order valence-corrected chi connectivity index (χ3v) is 4.40. The second-order valence-electron chi connectivity index (χ2n) is 5.86. The van der Waals surface area contributed by atoms with E-state index in [2.05, 4.69) is 4.90 Å². The first kappa shape index (κ1) is 15.0. The van der Waals surface area contributed by atoms with Crippen molar-refractivity contribution in [1.29, 1.82) is 0 Å². The summed E-state index contributed by atoms with van der Waals surface area (Å²) in [4.78, 5) is 25.9. The summed E-state index contributed by atoms with van der Waals surface area (Å²) in [6.45, 7) is 0.613. The van der Waals surface area contributed by atoms with Gasteiger partial charge in [-0.05, 0) is 32.7 Å².